The zero-order valence-corrected chi connectivity index (χ0v) is 14.3. The van der Waals surface area contributed by atoms with E-state index < -0.39 is 0 Å². The molecule has 5 heteroatoms. The van der Waals surface area contributed by atoms with Crippen LogP contribution in [0.15, 0.2) is 92.1 Å². The molecule has 1 amide bonds. The second kappa shape index (κ2) is 7.98. The van der Waals surface area contributed by atoms with Crippen LogP contribution in [0.2, 0.25) is 0 Å². The van der Waals surface area contributed by atoms with Crippen molar-refractivity contribution in [2.75, 3.05) is 0 Å². The Morgan fingerprint density at radius 2 is 2.15 bits per heavy atom. The minimum atomic E-state index is -0.148. The minimum Gasteiger partial charge on any atom is -0.457 e. The number of rotatable bonds is 7. The van der Waals surface area contributed by atoms with E-state index in [-0.39, 0.29) is 5.91 Å². The number of carbonyl (C=O) groups is 1. The van der Waals surface area contributed by atoms with Gasteiger partial charge in [-0.1, -0.05) is 31.4 Å². The van der Waals surface area contributed by atoms with Gasteiger partial charge in [-0.3, -0.25) is 4.79 Å². The lowest BCUT2D eigenvalue weighted by molar-refractivity contribution is 0.0950. The fourth-order valence-corrected chi connectivity index (χ4v) is 2.45. The maximum absolute atomic E-state index is 12.4. The predicted octanol–water partition coefficient (Wildman–Crippen LogP) is 3.90. The number of pyridine rings is 1. The molecule has 0 unspecified atom stereocenters. The first-order chi connectivity index (χ1) is 12.7. The molecular formula is C21H19N3O2. The van der Waals surface area contributed by atoms with Gasteiger partial charge in [0.1, 0.15) is 17.2 Å². The van der Waals surface area contributed by atoms with Gasteiger partial charge in [0.2, 0.25) is 0 Å². The Hall–Kier alpha value is -3.60. The van der Waals surface area contributed by atoms with Crippen LogP contribution in [-0.2, 0) is 6.54 Å². The standard InChI is InChI=1S/C21H19N3O2/c1-3-6-18(4-2)26-19-8-5-7-16(13-19)14-23-21(25)17-9-10-20-22-11-12-24(20)15-17/h3-13,15H,1-2,14H2,(H,23,25)/b18-6+. The second-order valence-electron chi connectivity index (χ2n) is 5.55. The Labute approximate surface area is 152 Å². The van der Waals surface area contributed by atoms with E-state index in [0.717, 1.165) is 11.2 Å². The number of hydrogen-bond acceptors (Lipinski definition) is 3. The number of carbonyl (C=O) groups excluding carboxylic acids is 1. The van der Waals surface area contributed by atoms with Crippen molar-refractivity contribution >= 4 is 11.6 Å². The highest BCUT2D eigenvalue weighted by Gasteiger charge is 2.07. The third-order valence-corrected chi connectivity index (χ3v) is 3.72. The maximum Gasteiger partial charge on any atom is 0.253 e. The van der Waals surface area contributed by atoms with E-state index in [0.29, 0.717) is 23.6 Å². The first-order valence-electron chi connectivity index (χ1n) is 8.12. The second-order valence-corrected chi connectivity index (χ2v) is 5.55. The van der Waals surface area contributed by atoms with Gasteiger partial charge < -0.3 is 14.5 Å². The van der Waals surface area contributed by atoms with Gasteiger partial charge in [-0.15, -0.1) is 0 Å². The summed E-state index contributed by atoms with van der Waals surface area (Å²) in [5, 5.41) is 2.91. The first kappa shape index (κ1) is 17.2. The predicted molar refractivity (Wildman–Crippen MR) is 102 cm³/mol. The fourth-order valence-electron chi connectivity index (χ4n) is 2.45. The van der Waals surface area contributed by atoms with E-state index in [2.05, 4.69) is 23.5 Å². The first-order valence-corrected chi connectivity index (χ1v) is 8.12. The van der Waals surface area contributed by atoms with Crippen LogP contribution in [0.25, 0.3) is 5.65 Å². The number of imidazole rings is 1. The highest BCUT2D eigenvalue weighted by molar-refractivity contribution is 5.94. The van der Waals surface area contributed by atoms with Crippen molar-refractivity contribution in [1.29, 1.82) is 0 Å². The van der Waals surface area contributed by atoms with Gasteiger partial charge in [0.05, 0.1) is 5.56 Å². The van der Waals surface area contributed by atoms with Crippen LogP contribution >= 0.6 is 0 Å². The quantitative estimate of drug-likeness (QED) is 0.522. The third kappa shape index (κ3) is 4.08. The molecule has 0 aliphatic rings. The van der Waals surface area contributed by atoms with E-state index in [4.69, 9.17) is 4.74 Å². The molecule has 0 saturated heterocycles. The van der Waals surface area contributed by atoms with Crippen LogP contribution in [0.1, 0.15) is 15.9 Å². The van der Waals surface area contributed by atoms with Crippen molar-refractivity contribution in [3.63, 3.8) is 0 Å². The van der Waals surface area contributed by atoms with Gasteiger partial charge >= 0.3 is 0 Å². The van der Waals surface area contributed by atoms with Crippen molar-refractivity contribution in [3.05, 3.63) is 103 Å². The molecule has 1 N–H and O–H groups in total. The van der Waals surface area contributed by atoms with Crippen LogP contribution in [0.4, 0.5) is 0 Å². The summed E-state index contributed by atoms with van der Waals surface area (Å²) in [7, 11) is 0. The van der Waals surface area contributed by atoms with Gasteiger partial charge in [0.25, 0.3) is 5.91 Å². The number of hydrogen-bond donors (Lipinski definition) is 1. The Bertz CT molecular complexity index is 986. The van der Waals surface area contributed by atoms with E-state index in [1.54, 1.807) is 42.9 Å². The molecule has 0 saturated carbocycles. The molecule has 0 bridgehead atoms. The maximum atomic E-state index is 12.4. The molecule has 0 aliphatic heterocycles. The van der Waals surface area contributed by atoms with Crippen molar-refractivity contribution in [2.24, 2.45) is 0 Å². The van der Waals surface area contributed by atoms with E-state index in [1.165, 1.54) is 0 Å². The molecule has 3 rings (SSSR count). The number of ether oxygens (including phenoxy) is 1. The Morgan fingerprint density at radius 1 is 1.27 bits per heavy atom. The van der Waals surface area contributed by atoms with Crippen molar-refractivity contribution in [2.45, 2.75) is 6.54 Å². The van der Waals surface area contributed by atoms with Crippen LogP contribution in [-0.4, -0.2) is 15.3 Å². The molecule has 0 spiro atoms. The Kier molecular flexibility index (Phi) is 5.29. The molecular weight excluding hydrogens is 326 g/mol. The Balaban J connectivity index is 1.66. The molecule has 0 fully saturated rings. The highest BCUT2D eigenvalue weighted by atomic mass is 16.5. The molecule has 1 aromatic carbocycles. The molecule has 2 heterocycles. The van der Waals surface area contributed by atoms with Crippen LogP contribution < -0.4 is 10.1 Å². The number of allylic oxidation sites excluding steroid dienone is 3. The number of nitrogens with one attached hydrogen (secondary N) is 1. The van der Waals surface area contributed by atoms with E-state index >= 15 is 0 Å². The SMILES string of the molecule is C=C/C=C(\C=C)Oc1cccc(CNC(=O)c2ccc3nccn3c2)c1. The summed E-state index contributed by atoms with van der Waals surface area (Å²) in [6.07, 6.45) is 10.2. The number of benzene rings is 1. The molecule has 0 radical (unpaired) electrons. The normalized spacial score (nSPS) is 11.2. The molecule has 3 aromatic rings. The van der Waals surface area contributed by atoms with Crippen molar-refractivity contribution in [1.82, 2.24) is 14.7 Å². The summed E-state index contributed by atoms with van der Waals surface area (Å²) in [6, 6.07) is 11.1. The van der Waals surface area contributed by atoms with Gasteiger partial charge in [0, 0.05) is 25.1 Å². The lowest BCUT2D eigenvalue weighted by Gasteiger charge is -2.09. The molecule has 26 heavy (non-hydrogen) atoms. The van der Waals surface area contributed by atoms with Crippen molar-refractivity contribution in [3.8, 4) is 5.75 Å². The van der Waals surface area contributed by atoms with Gasteiger partial charge in [-0.25, -0.2) is 4.98 Å². The lowest BCUT2D eigenvalue weighted by Crippen LogP contribution is -2.23. The monoisotopic (exact) mass is 345 g/mol. The summed E-state index contributed by atoms with van der Waals surface area (Å²) >= 11 is 0. The van der Waals surface area contributed by atoms with Crippen molar-refractivity contribution < 1.29 is 9.53 Å². The summed E-state index contributed by atoms with van der Waals surface area (Å²) in [5.41, 5.74) is 2.31. The zero-order chi connectivity index (χ0) is 18.4. The zero-order valence-electron chi connectivity index (χ0n) is 14.3. The minimum absolute atomic E-state index is 0.148. The average molecular weight is 345 g/mol. The van der Waals surface area contributed by atoms with Gasteiger partial charge in [-0.05, 0) is 42.0 Å². The Morgan fingerprint density at radius 3 is 2.96 bits per heavy atom. The van der Waals surface area contributed by atoms with Gasteiger partial charge in [0.15, 0.2) is 0 Å². The molecule has 2 aromatic heterocycles. The molecule has 0 atom stereocenters. The molecule has 0 aliphatic carbocycles. The molecule has 5 nitrogen and oxygen atoms in total. The third-order valence-electron chi connectivity index (χ3n) is 3.72. The number of aromatic nitrogens is 2. The number of nitrogens with zero attached hydrogens (tertiary/aromatic N) is 2. The van der Waals surface area contributed by atoms with Crippen LogP contribution in [0.3, 0.4) is 0 Å². The average Bonchev–Trinajstić information content (AvgIpc) is 3.14. The smallest absolute Gasteiger partial charge is 0.253 e. The van der Waals surface area contributed by atoms with E-state index in [1.807, 2.05) is 34.7 Å². The summed E-state index contributed by atoms with van der Waals surface area (Å²) < 4.78 is 7.54. The van der Waals surface area contributed by atoms with Crippen LogP contribution in [0.5, 0.6) is 5.75 Å². The lowest BCUT2D eigenvalue weighted by atomic mass is 10.2. The highest BCUT2D eigenvalue weighted by Crippen LogP contribution is 2.17. The topological polar surface area (TPSA) is 55.6 Å². The number of amides is 1. The molecule has 130 valence electrons. The summed E-state index contributed by atoms with van der Waals surface area (Å²) in [6.45, 7) is 7.74. The van der Waals surface area contributed by atoms with Gasteiger partial charge in [-0.2, -0.15) is 0 Å². The van der Waals surface area contributed by atoms with Crippen LogP contribution in [0, 0.1) is 0 Å². The largest absolute Gasteiger partial charge is 0.457 e. The number of fused-ring (bicyclic) bond motifs is 1. The summed E-state index contributed by atoms with van der Waals surface area (Å²) in [4.78, 5) is 16.5. The summed E-state index contributed by atoms with van der Waals surface area (Å²) in [5.74, 6) is 1.13. The van der Waals surface area contributed by atoms with E-state index in [9.17, 15) is 4.79 Å². The fraction of sp³-hybridized carbons (Fsp3) is 0.0476.